The van der Waals surface area contributed by atoms with Gasteiger partial charge in [0.05, 0.1) is 6.20 Å². The minimum Gasteiger partial charge on any atom is -0.489 e. The van der Waals surface area contributed by atoms with Crippen molar-refractivity contribution < 1.29 is 19.1 Å². The SMILES string of the molecule is CC(C)(C)OC(=O)NC1COc2ccncc2NC1=O. The van der Waals surface area contributed by atoms with Crippen LogP contribution in [-0.2, 0) is 9.53 Å². The molecule has 1 aromatic heterocycles. The van der Waals surface area contributed by atoms with Crippen LogP contribution in [0.15, 0.2) is 18.5 Å². The summed E-state index contributed by atoms with van der Waals surface area (Å²) in [7, 11) is 0. The molecular formula is C13H17N3O4. The highest BCUT2D eigenvalue weighted by molar-refractivity contribution is 5.98. The molecule has 0 aliphatic carbocycles. The number of carbonyl (C=O) groups excluding carboxylic acids is 2. The van der Waals surface area contributed by atoms with Crippen molar-refractivity contribution in [2.75, 3.05) is 11.9 Å². The molecule has 0 aromatic carbocycles. The average molecular weight is 279 g/mol. The Hall–Kier alpha value is -2.31. The van der Waals surface area contributed by atoms with Crippen molar-refractivity contribution in [1.82, 2.24) is 10.3 Å². The monoisotopic (exact) mass is 279 g/mol. The number of alkyl carbamates (subject to hydrolysis) is 1. The maximum Gasteiger partial charge on any atom is 0.408 e. The number of anilines is 1. The van der Waals surface area contributed by atoms with E-state index in [4.69, 9.17) is 9.47 Å². The molecule has 0 saturated heterocycles. The second-order valence-corrected chi connectivity index (χ2v) is 5.37. The zero-order chi connectivity index (χ0) is 14.8. The molecule has 0 radical (unpaired) electrons. The summed E-state index contributed by atoms with van der Waals surface area (Å²) in [6.07, 6.45) is 2.39. The molecule has 0 saturated carbocycles. The zero-order valence-corrected chi connectivity index (χ0v) is 11.6. The molecule has 2 amide bonds. The maximum absolute atomic E-state index is 12.0. The largest absolute Gasteiger partial charge is 0.489 e. The van der Waals surface area contributed by atoms with Gasteiger partial charge < -0.3 is 20.1 Å². The fourth-order valence-corrected chi connectivity index (χ4v) is 1.63. The normalized spacial score (nSPS) is 18.1. The van der Waals surface area contributed by atoms with Crippen LogP contribution in [0.1, 0.15) is 20.8 Å². The van der Waals surface area contributed by atoms with Gasteiger partial charge in [0.2, 0.25) is 0 Å². The van der Waals surface area contributed by atoms with E-state index in [0.717, 1.165) is 0 Å². The van der Waals surface area contributed by atoms with E-state index in [1.807, 2.05) is 0 Å². The van der Waals surface area contributed by atoms with Gasteiger partial charge in [-0.15, -0.1) is 0 Å². The minimum atomic E-state index is -0.822. The van der Waals surface area contributed by atoms with Crippen molar-refractivity contribution in [1.29, 1.82) is 0 Å². The number of amides is 2. The molecule has 2 N–H and O–H groups in total. The van der Waals surface area contributed by atoms with Crippen molar-refractivity contribution in [3.8, 4) is 5.75 Å². The molecule has 1 unspecified atom stereocenters. The number of nitrogens with zero attached hydrogens (tertiary/aromatic N) is 1. The van der Waals surface area contributed by atoms with Crippen LogP contribution in [0.3, 0.4) is 0 Å². The molecule has 1 aliphatic rings. The van der Waals surface area contributed by atoms with Crippen LogP contribution < -0.4 is 15.4 Å². The third kappa shape index (κ3) is 3.59. The van der Waals surface area contributed by atoms with Gasteiger partial charge in [-0.25, -0.2) is 4.79 Å². The Morgan fingerprint density at radius 3 is 3.00 bits per heavy atom. The second kappa shape index (κ2) is 5.36. The van der Waals surface area contributed by atoms with Gasteiger partial charge >= 0.3 is 6.09 Å². The standard InChI is InChI=1S/C13H17N3O4/c1-13(2,3)20-12(18)16-9-7-19-10-4-5-14-6-8(10)15-11(9)17/h4-6,9H,7H2,1-3H3,(H,15,17)(H,16,18). The first-order valence-electron chi connectivity index (χ1n) is 6.22. The Morgan fingerprint density at radius 1 is 1.55 bits per heavy atom. The number of hydrogen-bond acceptors (Lipinski definition) is 5. The summed E-state index contributed by atoms with van der Waals surface area (Å²) >= 11 is 0. The number of fused-ring (bicyclic) bond motifs is 1. The number of nitrogens with one attached hydrogen (secondary N) is 2. The van der Waals surface area contributed by atoms with E-state index in [9.17, 15) is 9.59 Å². The van der Waals surface area contributed by atoms with E-state index in [0.29, 0.717) is 11.4 Å². The molecule has 20 heavy (non-hydrogen) atoms. The molecular weight excluding hydrogens is 262 g/mol. The van der Waals surface area contributed by atoms with Crippen molar-refractivity contribution in [2.24, 2.45) is 0 Å². The fourth-order valence-electron chi connectivity index (χ4n) is 1.63. The Labute approximate surface area is 116 Å². The van der Waals surface area contributed by atoms with E-state index in [1.54, 1.807) is 33.0 Å². The minimum absolute atomic E-state index is 0.0299. The molecule has 1 atom stereocenters. The van der Waals surface area contributed by atoms with Crippen molar-refractivity contribution in [2.45, 2.75) is 32.4 Å². The van der Waals surface area contributed by atoms with E-state index < -0.39 is 17.7 Å². The second-order valence-electron chi connectivity index (χ2n) is 5.37. The fraction of sp³-hybridized carbons (Fsp3) is 0.462. The molecule has 2 heterocycles. The summed E-state index contributed by atoms with van der Waals surface area (Å²) in [6, 6.07) is 0.822. The molecule has 7 nitrogen and oxygen atoms in total. The lowest BCUT2D eigenvalue weighted by Crippen LogP contribution is -2.48. The molecule has 0 spiro atoms. The van der Waals surface area contributed by atoms with E-state index in [1.165, 1.54) is 6.20 Å². The number of aromatic nitrogens is 1. The van der Waals surface area contributed by atoms with E-state index in [-0.39, 0.29) is 12.5 Å². The molecule has 2 rings (SSSR count). The van der Waals surface area contributed by atoms with Gasteiger partial charge in [-0.2, -0.15) is 0 Å². The molecule has 108 valence electrons. The van der Waals surface area contributed by atoms with Crippen molar-refractivity contribution >= 4 is 17.7 Å². The van der Waals surface area contributed by atoms with E-state index >= 15 is 0 Å². The van der Waals surface area contributed by atoms with Crippen molar-refractivity contribution in [3.63, 3.8) is 0 Å². The van der Waals surface area contributed by atoms with Crippen molar-refractivity contribution in [3.05, 3.63) is 18.5 Å². The average Bonchev–Trinajstić information content (AvgIpc) is 2.47. The predicted molar refractivity (Wildman–Crippen MR) is 71.5 cm³/mol. The van der Waals surface area contributed by atoms with Crippen LogP contribution in [0.25, 0.3) is 0 Å². The van der Waals surface area contributed by atoms with Crippen LogP contribution in [0.2, 0.25) is 0 Å². The van der Waals surface area contributed by atoms with Crippen LogP contribution in [0.5, 0.6) is 5.75 Å². The summed E-state index contributed by atoms with van der Waals surface area (Å²) in [5, 5.41) is 5.13. The van der Waals surface area contributed by atoms with Crippen LogP contribution in [0, 0.1) is 0 Å². The van der Waals surface area contributed by atoms with Gasteiger partial charge in [-0.05, 0) is 20.8 Å². The first-order chi connectivity index (χ1) is 9.35. The molecule has 0 bridgehead atoms. The summed E-state index contributed by atoms with van der Waals surface area (Å²) in [4.78, 5) is 27.6. The smallest absolute Gasteiger partial charge is 0.408 e. The van der Waals surface area contributed by atoms with Gasteiger partial charge in [0.1, 0.15) is 29.7 Å². The van der Waals surface area contributed by atoms with Gasteiger partial charge in [-0.1, -0.05) is 0 Å². The molecule has 1 aromatic rings. The van der Waals surface area contributed by atoms with Gasteiger partial charge in [0.15, 0.2) is 0 Å². The highest BCUT2D eigenvalue weighted by Crippen LogP contribution is 2.24. The lowest BCUT2D eigenvalue weighted by atomic mass is 10.2. The first-order valence-corrected chi connectivity index (χ1v) is 6.22. The highest BCUT2D eigenvalue weighted by atomic mass is 16.6. The lowest BCUT2D eigenvalue weighted by Gasteiger charge is -2.22. The molecule has 1 aliphatic heterocycles. The number of ether oxygens (including phenoxy) is 2. The topological polar surface area (TPSA) is 89.6 Å². The predicted octanol–water partition coefficient (Wildman–Crippen LogP) is 1.31. The summed E-state index contributed by atoms with van der Waals surface area (Å²) in [6.45, 7) is 5.27. The molecule has 0 fully saturated rings. The van der Waals surface area contributed by atoms with Crippen LogP contribution in [-0.4, -0.2) is 35.2 Å². The Morgan fingerprint density at radius 2 is 2.30 bits per heavy atom. The lowest BCUT2D eigenvalue weighted by molar-refractivity contribution is -0.118. The Balaban J connectivity index is 2.02. The number of carbonyl (C=O) groups is 2. The third-order valence-electron chi connectivity index (χ3n) is 2.45. The Bertz CT molecular complexity index is 525. The number of rotatable bonds is 1. The summed E-state index contributed by atoms with van der Waals surface area (Å²) in [5.41, 5.74) is -0.148. The first kappa shape index (κ1) is 14.1. The summed E-state index contributed by atoms with van der Waals surface area (Å²) < 4.78 is 10.6. The quantitative estimate of drug-likeness (QED) is 0.809. The van der Waals surface area contributed by atoms with Crippen LogP contribution >= 0.6 is 0 Å². The van der Waals surface area contributed by atoms with Crippen LogP contribution in [0.4, 0.5) is 10.5 Å². The summed E-state index contributed by atoms with van der Waals surface area (Å²) in [5.74, 6) is 0.143. The maximum atomic E-state index is 12.0. The number of pyridine rings is 1. The van der Waals surface area contributed by atoms with Gasteiger partial charge in [-0.3, -0.25) is 9.78 Å². The highest BCUT2D eigenvalue weighted by Gasteiger charge is 2.28. The number of hydrogen-bond donors (Lipinski definition) is 2. The van der Waals surface area contributed by atoms with E-state index in [2.05, 4.69) is 15.6 Å². The third-order valence-corrected chi connectivity index (χ3v) is 2.45. The Kier molecular flexibility index (Phi) is 3.78. The van der Waals surface area contributed by atoms with Gasteiger partial charge in [0, 0.05) is 12.3 Å². The molecule has 7 heteroatoms. The zero-order valence-electron chi connectivity index (χ0n) is 11.6. The van der Waals surface area contributed by atoms with Gasteiger partial charge in [0.25, 0.3) is 5.91 Å².